The normalized spacial score (nSPS) is 11.2. The highest BCUT2D eigenvalue weighted by molar-refractivity contribution is 5.48. The summed E-state index contributed by atoms with van der Waals surface area (Å²) >= 11 is 0. The second-order valence-electron chi connectivity index (χ2n) is 5.78. The molecule has 1 heterocycles. The highest BCUT2D eigenvalue weighted by Gasteiger charge is 2.15. The van der Waals surface area contributed by atoms with Gasteiger partial charge in [-0.3, -0.25) is 0 Å². The van der Waals surface area contributed by atoms with Crippen LogP contribution in [0, 0.1) is 6.92 Å². The first-order chi connectivity index (χ1) is 9.41. The van der Waals surface area contributed by atoms with Crippen LogP contribution in [0.1, 0.15) is 31.9 Å². The summed E-state index contributed by atoms with van der Waals surface area (Å²) in [5.41, 5.74) is 2.22. The number of nitrogens with one attached hydrogen (secondary N) is 1. The zero-order chi connectivity index (χ0) is 14.8. The van der Waals surface area contributed by atoms with Gasteiger partial charge in [-0.05, 0) is 30.0 Å². The summed E-state index contributed by atoms with van der Waals surface area (Å²) in [4.78, 5) is 8.35. The van der Waals surface area contributed by atoms with Crippen molar-refractivity contribution in [3.63, 3.8) is 0 Å². The fourth-order valence-electron chi connectivity index (χ4n) is 1.93. The molecule has 0 aliphatic heterocycles. The molecular weight excluding hydrogens is 250 g/mol. The summed E-state index contributed by atoms with van der Waals surface area (Å²) in [6.45, 7) is 8.48. The van der Waals surface area contributed by atoms with E-state index in [1.54, 1.807) is 0 Å². The first kappa shape index (κ1) is 14.3. The minimum Gasteiger partial charge on any atom is -0.439 e. The number of rotatable bonds is 3. The average molecular weight is 271 g/mol. The van der Waals surface area contributed by atoms with E-state index in [-0.39, 0.29) is 5.41 Å². The molecule has 1 N–H and O–H groups in total. The van der Waals surface area contributed by atoms with Crippen molar-refractivity contribution in [3.05, 3.63) is 41.7 Å². The maximum atomic E-state index is 5.90. The predicted molar refractivity (Wildman–Crippen MR) is 81.5 cm³/mol. The second-order valence-corrected chi connectivity index (χ2v) is 5.78. The molecular formula is C16H21N3O. The van der Waals surface area contributed by atoms with Crippen LogP contribution in [-0.2, 0) is 5.41 Å². The van der Waals surface area contributed by atoms with Crippen LogP contribution in [0.5, 0.6) is 11.6 Å². The smallest absolute Gasteiger partial charge is 0.227 e. The lowest BCUT2D eigenvalue weighted by atomic mass is 9.87. The van der Waals surface area contributed by atoms with Gasteiger partial charge in [0, 0.05) is 7.05 Å². The number of aromatic nitrogens is 2. The Hall–Kier alpha value is -2.10. The van der Waals surface area contributed by atoms with Crippen molar-refractivity contribution in [2.75, 3.05) is 12.4 Å². The van der Waals surface area contributed by atoms with E-state index in [4.69, 9.17) is 4.74 Å². The summed E-state index contributed by atoms with van der Waals surface area (Å²) in [7, 11) is 1.83. The molecule has 0 fully saturated rings. The summed E-state index contributed by atoms with van der Waals surface area (Å²) in [5.74, 6) is 2.15. The molecule has 1 aromatic carbocycles. The third-order valence-electron chi connectivity index (χ3n) is 3.19. The lowest BCUT2D eigenvalue weighted by molar-refractivity contribution is 0.455. The zero-order valence-corrected chi connectivity index (χ0v) is 12.7. The number of nitrogens with zero attached hydrogens (tertiary/aromatic N) is 2. The third kappa shape index (κ3) is 3.07. The van der Waals surface area contributed by atoms with E-state index < -0.39 is 0 Å². The molecule has 106 valence electrons. The van der Waals surface area contributed by atoms with E-state index in [1.165, 1.54) is 11.9 Å². The van der Waals surface area contributed by atoms with Crippen molar-refractivity contribution in [1.82, 2.24) is 9.97 Å². The fourth-order valence-corrected chi connectivity index (χ4v) is 1.93. The van der Waals surface area contributed by atoms with Gasteiger partial charge in [-0.15, -0.1) is 0 Å². The molecule has 0 aliphatic carbocycles. The van der Waals surface area contributed by atoms with Crippen LogP contribution in [0.2, 0.25) is 0 Å². The Balaban J connectivity index is 2.31. The first-order valence-corrected chi connectivity index (χ1v) is 6.69. The van der Waals surface area contributed by atoms with Gasteiger partial charge in [0.2, 0.25) is 5.88 Å². The van der Waals surface area contributed by atoms with E-state index in [0.29, 0.717) is 5.88 Å². The lowest BCUT2D eigenvalue weighted by Crippen LogP contribution is -2.10. The van der Waals surface area contributed by atoms with Crippen LogP contribution in [0.4, 0.5) is 5.82 Å². The average Bonchev–Trinajstić information content (AvgIpc) is 2.40. The second kappa shape index (κ2) is 5.49. The predicted octanol–water partition coefficient (Wildman–Crippen LogP) is 3.92. The van der Waals surface area contributed by atoms with Gasteiger partial charge in [0.1, 0.15) is 17.9 Å². The fraction of sp³-hybridized carbons (Fsp3) is 0.375. The molecule has 0 bridgehead atoms. The zero-order valence-electron chi connectivity index (χ0n) is 12.7. The molecule has 0 spiro atoms. The van der Waals surface area contributed by atoms with Crippen LogP contribution < -0.4 is 10.1 Å². The maximum absolute atomic E-state index is 5.90. The third-order valence-corrected chi connectivity index (χ3v) is 3.19. The van der Waals surface area contributed by atoms with E-state index >= 15 is 0 Å². The molecule has 2 aromatic rings. The molecule has 4 nitrogen and oxygen atoms in total. The van der Waals surface area contributed by atoms with Gasteiger partial charge in [0.25, 0.3) is 0 Å². The van der Waals surface area contributed by atoms with Crippen molar-refractivity contribution >= 4 is 5.82 Å². The Morgan fingerprint density at radius 2 is 1.90 bits per heavy atom. The van der Waals surface area contributed by atoms with Crippen LogP contribution in [0.15, 0.2) is 30.6 Å². The van der Waals surface area contributed by atoms with Gasteiger partial charge in [-0.25, -0.2) is 9.97 Å². The molecule has 0 radical (unpaired) electrons. The summed E-state index contributed by atoms with van der Waals surface area (Å²) in [6, 6.07) is 8.11. The standard InChI is InChI=1S/C16H21N3O/c1-11-14(17-5)18-10-19-15(11)20-13-8-6-7-12(9-13)16(2,3)4/h6-10H,1-5H3,(H,17,18,19). The molecule has 4 heteroatoms. The topological polar surface area (TPSA) is 47.0 Å². The maximum Gasteiger partial charge on any atom is 0.227 e. The van der Waals surface area contributed by atoms with Gasteiger partial charge < -0.3 is 10.1 Å². The van der Waals surface area contributed by atoms with Crippen LogP contribution >= 0.6 is 0 Å². The van der Waals surface area contributed by atoms with Gasteiger partial charge in [0.05, 0.1) is 5.56 Å². The Kier molecular flexibility index (Phi) is 3.93. The number of hydrogen-bond donors (Lipinski definition) is 1. The lowest BCUT2D eigenvalue weighted by Gasteiger charge is -2.19. The Morgan fingerprint density at radius 3 is 2.55 bits per heavy atom. The Bertz CT molecular complexity index is 603. The van der Waals surface area contributed by atoms with E-state index in [0.717, 1.165) is 17.1 Å². The van der Waals surface area contributed by atoms with Crippen molar-refractivity contribution < 1.29 is 4.74 Å². The van der Waals surface area contributed by atoms with Gasteiger partial charge in [-0.1, -0.05) is 32.9 Å². The quantitative estimate of drug-likeness (QED) is 0.919. The van der Waals surface area contributed by atoms with Crippen molar-refractivity contribution in [3.8, 4) is 11.6 Å². The highest BCUT2D eigenvalue weighted by Crippen LogP contribution is 2.29. The van der Waals surface area contributed by atoms with Crippen molar-refractivity contribution in [1.29, 1.82) is 0 Å². The minimum atomic E-state index is 0.0935. The number of ether oxygens (including phenoxy) is 1. The summed E-state index contributed by atoms with van der Waals surface area (Å²) in [5, 5.41) is 3.03. The van der Waals surface area contributed by atoms with E-state index in [2.05, 4.69) is 48.2 Å². The molecule has 0 aliphatic rings. The van der Waals surface area contributed by atoms with Crippen LogP contribution in [-0.4, -0.2) is 17.0 Å². The van der Waals surface area contributed by atoms with Crippen LogP contribution in [0.3, 0.4) is 0 Å². The molecule has 0 atom stereocenters. The molecule has 1 aromatic heterocycles. The number of benzene rings is 1. The van der Waals surface area contributed by atoms with Crippen LogP contribution in [0.25, 0.3) is 0 Å². The molecule has 0 saturated heterocycles. The first-order valence-electron chi connectivity index (χ1n) is 6.69. The molecule has 2 rings (SSSR count). The Labute approximate surface area is 120 Å². The SMILES string of the molecule is CNc1ncnc(Oc2cccc(C(C)(C)C)c2)c1C. The largest absolute Gasteiger partial charge is 0.439 e. The van der Waals surface area contributed by atoms with Crippen molar-refractivity contribution in [2.24, 2.45) is 0 Å². The van der Waals surface area contributed by atoms with E-state index in [1.807, 2.05) is 26.1 Å². The molecule has 0 saturated carbocycles. The van der Waals surface area contributed by atoms with Crippen molar-refractivity contribution in [2.45, 2.75) is 33.1 Å². The Morgan fingerprint density at radius 1 is 1.15 bits per heavy atom. The number of anilines is 1. The van der Waals surface area contributed by atoms with Gasteiger partial charge in [-0.2, -0.15) is 0 Å². The molecule has 0 unspecified atom stereocenters. The minimum absolute atomic E-state index is 0.0935. The molecule has 20 heavy (non-hydrogen) atoms. The van der Waals surface area contributed by atoms with E-state index in [9.17, 15) is 0 Å². The van der Waals surface area contributed by atoms with Gasteiger partial charge >= 0.3 is 0 Å². The summed E-state index contributed by atoms with van der Waals surface area (Å²) in [6.07, 6.45) is 1.50. The summed E-state index contributed by atoms with van der Waals surface area (Å²) < 4.78 is 5.90. The monoisotopic (exact) mass is 271 g/mol. The van der Waals surface area contributed by atoms with Gasteiger partial charge in [0.15, 0.2) is 0 Å². The molecule has 0 amide bonds. The highest BCUT2D eigenvalue weighted by atomic mass is 16.5. The number of hydrogen-bond acceptors (Lipinski definition) is 4.